The van der Waals surface area contributed by atoms with Crippen LogP contribution in [-0.2, 0) is 16.0 Å². The first kappa shape index (κ1) is 17.8. The lowest BCUT2D eigenvalue weighted by Gasteiger charge is -2.04. The number of hydrogen-bond acceptors (Lipinski definition) is 6. The number of thiazole rings is 1. The number of rotatable bonds is 8. The summed E-state index contributed by atoms with van der Waals surface area (Å²) in [5.74, 6) is -1.66. The second-order valence-electron chi connectivity index (χ2n) is 3.47. The first-order chi connectivity index (χ1) is 9.99. The van der Waals surface area contributed by atoms with E-state index in [-0.39, 0.29) is 16.0 Å². The minimum absolute atomic E-state index is 0.150. The van der Waals surface area contributed by atoms with Crippen LogP contribution in [0.2, 0.25) is 0 Å². The minimum Gasteiger partial charge on any atom is -0.610 e. The third kappa shape index (κ3) is 5.56. The van der Waals surface area contributed by atoms with Crippen LogP contribution in [0.25, 0.3) is 0 Å². The number of oxime groups is 1. The van der Waals surface area contributed by atoms with E-state index >= 15 is 0 Å². The van der Waals surface area contributed by atoms with Crippen LogP contribution in [-0.4, -0.2) is 35.2 Å². The number of allylic oxidation sites excluding steroid dienone is 1. The van der Waals surface area contributed by atoms with Crippen LogP contribution >= 0.6 is 11.3 Å². The van der Waals surface area contributed by atoms with E-state index in [9.17, 15) is 17.7 Å². The molecule has 1 unspecified atom stereocenters. The molecule has 1 atom stereocenters. The lowest BCUT2D eigenvalue weighted by Crippen LogP contribution is -2.07. The zero-order chi connectivity index (χ0) is 15.8. The van der Waals surface area contributed by atoms with Crippen molar-refractivity contribution in [1.29, 1.82) is 0 Å². The van der Waals surface area contributed by atoms with Gasteiger partial charge in [0.25, 0.3) is 0 Å². The molecule has 0 aliphatic carbocycles. The molecule has 5 nitrogen and oxygen atoms in total. The molecule has 0 aromatic carbocycles. The van der Waals surface area contributed by atoms with E-state index in [0.29, 0.717) is 11.5 Å². The molecule has 0 radical (unpaired) electrons. The Morgan fingerprint density at radius 2 is 2.19 bits per heavy atom. The van der Waals surface area contributed by atoms with Crippen LogP contribution < -0.4 is 4.74 Å². The Hall–Kier alpha value is -1.26. The van der Waals surface area contributed by atoms with Crippen LogP contribution in [0.5, 0.6) is 5.88 Å². The number of ether oxygens (including phenoxy) is 1. The zero-order valence-corrected chi connectivity index (χ0v) is 12.9. The fourth-order valence-corrected chi connectivity index (χ4v) is 3.39. The van der Waals surface area contributed by atoms with E-state index in [0.717, 1.165) is 11.3 Å². The molecular weight excluding hydrogens is 329 g/mol. The third-order valence-corrected chi connectivity index (χ3v) is 4.70. The maximum atomic E-state index is 12.7. The molecule has 1 heterocycles. The molecule has 1 aromatic heterocycles. The highest BCUT2D eigenvalue weighted by Crippen LogP contribution is 2.28. The van der Waals surface area contributed by atoms with Crippen LogP contribution in [0.1, 0.15) is 18.2 Å². The summed E-state index contributed by atoms with van der Waals surface area (Å²) in [7, 11) is 1.38. The highest BCUT2D eigenvalue weighted by atomic mass is 32.2. The van der Waals surface area contributed by atoms with Gasteiger partial charge in [-0.1, -0.05) is 16.5 Å². The van der Waals surface area contributed by atoms with Gasteiger partial charge in [0.1, 0.15) is 17.2 Å². The maximum absolute atomic E-state index is 12.7. The molecule has 21 heavy (non-hydrogen) atoms. The second-order valence-corrected chi connectivity index (χ2v) is 6.25. The first-order valence-electron chi connectivity index (χ1n) is 5.77. The van der Waals surface area contributed by atoms with E-state index in [1.807, 2.05) is 0 Å². The van der Waals surface area contributed by atoms with Crippen molar-refractivity contribution >= 4 is 28.7 Å². The fourth-order valence-electron chi connectivity index (χ4n) is 1.15. The first-order valence-corrected chi connectivity index (χ1v) is 7.91. The molecule has 0 saturated carbocycles. The van der Waals surface area contributed by atoms with E-state index in [2.05, 4.69) is 10.1 Å². The van der Waals surface area contributed by atoms with Crippen molar-refractivity contribution in [3.8, 4) is 5.88 Å². The lowest BCUT2D eigenvalue weighted by atomic mass is 10.4. The summed E-state index contributed by atoms with van der Waals surface area (Å²) in [6.07, 6.45) is -1.66. The summed E-state index contributed by atoms with van der Waals surface area (Å²) in [5, 5.41) is 3.64. The van der Waals surface area contributed by atoms with Crippen molar-refractivity contribution in [3.05, 3.63) is 16.8 Å². The van der Waals surface area contributed by atoms with E-state index < -0.39 is 29.5 Å². The molecule has 0 amide bonds. The normalized spacial score (nSPS) is 12.5. The Morgan fingerprint density at radius 1 is 1.48 bits per heavy atom. The Labute approximate surface area is 126 Å². The molecule has 0 bridgehead atoms. The third-order valence-electron chi connectivity index (χ3n) is 2.07. The maximum Gasteiger partial charge on any atom is 0.305 e. The highest BCUT2D eigenvalue weighted by Gasteiger charge is 2.22. The van der Waals surface area contributed by atoms with Gasteiger partial charge >= 0.3 is 10.4 Å². The number of halogens is 3. The number of hydrogen-bond donors (Lipinski definition) is 0. The van der Waals surface area contributed by atoms with Crippen molar-refractivity contribution in [2.24, 2.45) is 5.16 Å². The summed E-state index contributed by atoms with van der Waals surface area (Å²) in [4.78, 5) is 9.22. The van der Waals surface area contributed by atoms with Gasteiger partial charge in [0.05, 0.1) is 19.7 Å². The Morgan fingerprint density at radius 3 is 2.76 bits per heavy atom. The molecule has 0 N–H and O–H groups in total. The molecular formula is C11H13F3N2O3S2. The van der Waals surface area contributed by atoms with E-state index in [4.69, 9.17) is 9.57 Å². The molecule has 118 valence electrons. The topological polar surface area (TPSA) is 66.8 Å². The predicted molar refractivity (Wildman–Crippen MR) is 74.1 cm³/mol. The van der Waals surface area contributed by atoms with Gasteiger partial charge in [-0.15, -0.1) is 0 Å². The SMILES string of the molecule is CCO/N=C/c1sc([S+]([O-])CCC(F)=C(F)F)nc1OC. The van der Waals surface area contributed by atoms with Gasteiger partial charge < -0.3 is 14.1 Å². The summed E-state index contributed by atoms with van der Waals surface area (Å²) in [5.41, 5.74) is 0. The standard InChI is InChI=1S/C11H13F3N2O3S2/c1-3-19-15-6-8-10(18-2)16-11(20-8)21(17)5-4-7(12)9(13)14/h6H,3-5H2,1-2H3/b15-6+. The average Bonchev–Trinajstić information content (AvgIpc) is 2.87. The summed E-state index contributed by atoms with van der Waals surface area (Å²) in [6.45, 7) is 2.14. The van der Waals surface area contributed by atoms with Crippen molar-refractivity contribution in [3.63, 3.8) is 0 Å². The van der Waals surface area contributed by atoms with Crippen LogP contribution in [0.15, 0.2) is 21.4 Å². The monoisotopic (exact) mass is 342 g/mol. The van der Waals surface area contributed by atoms with Gasteiger partial charge in [0.2, 0.25) is 5.88 Å². The van der Waals surface area contributed by atoms with Crippen molar-refractivity contribution in [2.75, 3.05) is 19.5 Å². The summed E-state index contributed by atoms with van der Waals surface area (Å²) in [6, 6.07) is 0. The summed E-state index contributed by atoms with van der Waals surface area (Å²) >= 11 is -0.690. The largest absolute Gasteiger partial charge is 0.610 e. The van der Waals surface area contributed by atoms with Gasteiger partial charge in [-0.05, 0) is 6.92 Å². The number of methoxy groups -OCH3 is 1. The predicted octanol–water partition coefficient (Wildman–Crippen LogP) is 3.10. The number of aromatic nitrogens is 1. The second kappa shape index (κ2) is 8.90. The smallest absolute Gasteiger partial charge is 0.305 e. The quantitative estimate of drug-likeness (QED) is 0.414. The Bertz CT molecular complexity index is 519. The minimum atomic E-state index is -2.40. The molecule has 0 aliphatic heterocycles. The van der Waals surface area contributed by atoms with Crippen LogP contribution in [0.3, 0.4) is 0 Å². The van der Waals surface area contributed by atoms with Crippen LogP contribution in [0, 0.1) is 0 Å². The van der Waals surface area contributed by atoms with Crippen molar-refractivity contribution in [2.45, 2.75) is 17.7 Å². The van der Waals surface area contributed by atoms with E-state index in [1.54, 1.807) is 6.92 Å². The van der Waals surface area contributed by atoms with Crippen molar-refractivity contribution in [1.82, 2.24) is 4.98 Å². The molecule has 1 aromatic rings. The van der Waals surface area contributed by atoms with Crippen molar-refractivity contribution < 1.29 is 27.3 Å². The van der Waals surface area contributed by atoms with Gasteiger partial charge in [-0.2, -0.15) is 13.8 Å². The molecule has 0 spiro atoms. The van der Waals surface area contributed by atoms with E-state index in [1.165, 1.54) is 13.3 Å². The van der Waals surface area contributed by atoms with Gasteiger partial charge in [0, 0.05) is 11.2 Å². The van der Waals surface area contributed by atoms with Gasteiger partial charge in [-0.25, -0.2) is 4.39 Å². The fraction of sp³-hybridized carbons (Fsp3) is 0.455. The molecule has 0 fully saturated rings. The Kier molecular flexibility index (Phi) is 7.54. The Balaban J connectivity index is 2.76. The zero-order valence-electron chi connectivity index (χ0n) is 11.3. The molecule has 0 saturated heterocycles. The molecule has 0 aliphatic rings. The average molecular weight is 342 g/mol. The molecule has 1 rings (SSSR count). The van der Waals surface area contributed by atoms with Gasteiger partial charge in [-0.3, -0.25) is 0 Å². The lowest BCUT2D eigenvalue weighted by molar-refractivity contribution is 0.160. The molecule has 10 heteroatoms. The number of nitrogens with zero attached hydrogens (tertiary/aromatic N) is 2. The highest BCUT2D eigenvalue weighted by molar-refractivity contribution is 7.93. The van der Waals surface area contributed by atoms with Crippen LogP contribution in [0.4, 0.5) is 13.2 Å². The summed E-state index contributed by atoms with van der Waals surface area (Å²) < 4.78 is 53.5. The van der Waals surface area contributed by atoms with Gasteiger partial charge in [0.15, 0.2) is 5.83 Å².